The average Bonchev–Trinajstić information content (AvgIpc) is 3.13. The minimum atomic E-state index is -0.0698. The Bertz CT molecular complexity index is 467. The lowest BCUT2D eigenvalue weighted by molar-refractivity contribution is -0.151. The smallest absolute Gasteiger partial charge is 0.314 e. The predicted molar refractivity (Wildman–Crippen MR) is 83.1 cm³/mol. The Kier molecular flexibility index (Phi) is 4.59. The quantitative estimate of drug-likeness (QED) is 0.796. The number of nitrogens with zero attached hydrogens (tertiary/aromatic N) is 1. The molecule has 1 aliphatic carbocycles. The van der Waals surface area contributed by atoms with Crippen LogP contribution in [0.2, 0.25) is 0 Å². The van der Waals surface area contributed by atoms with Gasteiger partial charge in [0.25, 0.3) is 0 Å². The molecule has 2 atom stereocenters. The highest BCUT2D eigenvalue weighted by atomic mass is 16.5. The van der Waals surface area contributed by atoms with Crippen molar-refractivity contribution in [1.29, 1.82) is 0 Å². The van der Waals surface area contributed by atoms with Gasteiger partial charge in [0.05, 0.1) is 5.92 Å². The maximum atomic E-state index is 12.8. The third-order valence-electron chi connectivity index (χ3n) is 4.91. The minimum Gasteiger partial charge on any atom is -0.460 e. The monoisotopic (exact) mass is 287 g/mol. The first kappa shape index (κ1) is 14.6. The topological polar surface area (TPSA) is 29.5 Å². The Morgan fingerprint density at radius 3 is 2.52 bits per heavy atom. The molecule has 21 heavy (non-hydrogen) atoms. The number of likely N-dealkylation sites (tertiary alicyclic amines) is 1. The molecule has 1 unspecified atom stereocenters. The van der Waals surface area contributed by atoms with E-state index in [-0.39, 0.29) is 18.0 Å². The van der Waals surface area contributed by atoms with Crippen molar-refractivity contribution >= 4 is 5.97 Å². The van der Waals surface area contributed by atoms with E-state index in [1.807, 2.05) is 18.2 Å². The zero-order valence-electron chi connectivity index (χ0n) is 12.8. The molecule has 0 radical (unpaired) electrons. The first-order valence-electron chi connectivity index (χ1n) is 8.18. The molecule has 2 fully saturated rings. The number of esters is 1. The number of benzene rings is 1. The molecular weight excluding hydrogens is 262 g/mol. The lowest BCUT2D eigenvalue weighted by atomic mass is 9.85. The molecule has 1 aromatic rings. The Labute approximate surface area is 127 Å². The molecule has 114 valence electrons. The number of hydrogen-bond donors (Lipinski definition) is 0. The number of likely N-dealkylation sites (N-methyl/N-ethyl adjacent to an activating group) is 1. The fourth-order valence-corrected chi connectivity index (χ4v) is 3.78. The first-order valence-corrected chi connectivity index (χ1v) is 8.18. The number of ether oxygens (including phenoxy) is 1. The van der Waals surface area contributed by atoms with Crippen LogP contribution in [-0.4, -0.2) is 37.1 Å². The summed E-state index contributed by atoms with van der Waals surface area (Å²) >= 11 is 0. The SMILES string of the molecule is CN1CCC(OC(=O)[C@H](c2ccccc2)C2CCCC2)C1. The van der Waals surface area contributed by atoms with Crippen LogP contribution in [0, 0.1) is 5.92 Å². The Balaban J connectivity index is 1.73. The largest absolute Gasteiger partial charge is 0.460 e. The van der Waals surface area contributed by atoms with Crippen molar-refractivity contribution in [3.63, 3.8) is 0 Å². The van der Waals surface area contributed by atoms with Crippen LogP contribution >= 0.6 is 0 Å². The van der Waals surface area contributed by atoms with Gasteiger partial charge in [-0.25, -0.2) is 0 Å². The van der Waals surface area contributed by atoms with Gasteiger partial charge in [-0.05, 0) is 37.8 Å². The summed E-state index contributed by atoms with van der Waals surface area (Å²) in [5.74, 6) is 0.382. The van der Waals surface area contributed by atoms with Crippen LogP contribution < -0.4 is 0 Å². The van der Waals surface area contributed by atoms with Gasteiger partial charge in [-0.1, -0.05) is 43.2 Å². The molecule has 0 amide bonds. The Morgan fingerprint density at radius 2 is 1.90 bits per heavy atom. The molecule has 0 aromatic heterocycles. The van der Waals surface area contributed by atoms with E-state index in [1.165, 1.54) is 12.8 Å². The Morgan fingerprint density at radius 1 is 1.19 bits per heavy atom. The summed E-state index contributed by atoms with van der Waals surface area (Å²) < 4.78 is 5.83. The zero-order valence-corrected chi connectivity index (χ0v) is 12.8. The second-order valence-corrected chi connectivity index (χ2v) is 6.54. The fraction of sp³-hybridized carbons (Fsp3) is 0.611. The summed E-state index contributed by atoms with van der Waals surface area (Å²) in [6, 6.07) is 10.2. The molecule has 2 aliphatic rings. The molecule has 3 heteroatoms. The van der Waals surface area contributed by atoms with Crippen LogP contribution in [0.3, 0.4) is 0 Å². The van der Waals surface area contributed by atoms with Gasteiger partial charge >= 0.3 is 5.97 Å². The van der Waals surface area contributed by atoms with Gasteiger partial charge in [0.15, 0.2) is 0 Å². The standard InChI is InChI=1S/C18H25NO2/c1-19-12-11-16(13-19)21-18(20)17(15-9-5-6-10-15)14-7-3-2-4-8-14/h2-4,7-8,15-17H,5-6,9-13H2,1H3/t16?,17-/m1/s1. The van der Waals surface area contributed by atoms with Gasteiger partial charge < -0.3 is 9.64 Å². The number of rotatable bonds is 4. The molecule has 1 aliphatic heterocycles. The summed E-state index contributed by atoms with van der Waals surface area (Å²) in [4.78, 5) is 15.0. The molecule has 3 rings (SSSR count). The highest BCUT2D eigenvalue weighted by Gasteiger charge is 2.35. The maximum absolute atomic E-state index is 12.8. The van der Waals surface area contributed by atoms with Crippen LogP contribution in [0.5, 0.6) is 0 Å². The highest BCUT2D eigenvalue weighted by molar-refractivity contribution is 5.78. The van der Waals surface area contributed by atoms with Crippen molar-refractivity contribution in [3.05, 3.63) is 35.9 Å². The van der Waals surface area contributed by atoms with Crippen molar-refractivity contribution in [2.75, 3.05) is 20.1 Å². The molecule has 1 heterocycles. The molecule has 1 aromatic carbocycles. The van der Waals surface area contributed by atoms with Crippen LogP contribution in [0.15, 0.2) is 30.3 Å². The van der Waals surface area contributed by atoms with Crippen molar-refractivity contribution in [3.8, 4) is 0 Å². The normalized spacial score (nSPS) is 25.1. The lowest BCUT2D eigenvalue weighted by Crippen LogP contribution is -2.28. The van der Waals surface area contributed by atoms with Crippen molar-refractivity contribution in [1.82, 2.24) is 4.90 Å². The lowest BCUT2D eigenvalue weighted by Gasteiger charge is -2.24. The van der Waals surface area contributed by atoms with Gasteiger partial charge in [-0.15, -0.1) is 0 Å². The molecule has 0 spiro atoms. The van der Waals surface area contributed by atoms with Gasteiger partial charge in [0, 0.05) is 13.1 Å². The fourth-order valence-electron chi connectivity index (χ4n) is 3.78. The van der Waals surface area contributed by atoms with E-state index in [4.69, 9.17) is 4.74 Å². The van der Waals surface area contributed by atoms with E-state index in [0.29, 0.717) is 5.92 Å². The summed E-state index contributed by atoms with van der Waals surface area (Å²) in [6.45, 7) is 1.90. The van der Waals surface area contributed by atoms with Gasteiger partial charge in [-0.2, -0.15) is 0 Å². The van der Waals surface area contributed by atoms with Gasteiger partial charge in [-0.3, -0.25) is 4.79 Å². The second kappa shape index (κ2) is 6.61. The highest BCUT2D eigenvalue weighted by Crippen LogP contribution is 2.38. The van der Waals surface area contributed by atoms with Crippen molar-refractivity contribution < 1.29 is 9.53 Å². The predicted octanol–water partition coefficient (Wildman–Crippen LogP) is 3.21. The van der Waals surface area contributed by atoms with Gasteiger partial charge in [0.2, 0.25) is 0 Å². The van der Waals surface area contributed by atoms with E-state index in [1.54, 1.807) is 0 Å². The average molecular weight is 287 g/mol. The van der Waals surface area contributed by atoms with E-state index in [9.17, 15) is 4.79 Å². The number of carbonyl (C=O) groups is 1. The summed E-state index contributed by atoms with van der Waals surface area (Å²) in [7, 11) is 2.08. The van der Waals surface area contributed by atoms with Crippen LogP contribution in [0.25, 0.3) is 0 Å². The van der Waals surface area contributed by atoms with Crippen molar-refractivity contribution in [2.24, 2.45) is 5.92 Å². The molecule has 1 saturated carbocycles. The maximum Gasteiger partial charge on any atom is 0.314 e. The molecule has 0 N–H and O–H groups in total. The summed E-state index contributed by atoms with van der Waals surface area (Å²) in [6.07, 6.45) is 5.84. The molecule has 0 bridgehead atoms. The minimum absolute atomic E-state index is 0.00611. The second-order valence-electron chi connectivity index (χ2n) is 6.54. The molecule has 1 saturated heterocycles. The first-order chi connectivity index (χ1) is 10.2. The summed E-state index contributed by atoms with van der Waals surface area (Å²) in [5.41, 5.74) is 1.13. The summed E-state index contributed by atoms with van der Waals surface area (Å²) in [5, 5.41) is 0. The van der Waals surface area contributed by atoms with Gasteiger partial charge in [0.1, 0.15) is 6.10 Å². The zero-order chi connectivity index (χ0) is 14.7. The van der Waals surface area contributed by atoms with Crippen LogP contribution in [-0.2, 0) is 9.53 Å². The third kappa shape index (κ3) is 3.46. The van der Waals surface area contributed by atoms with Crippen molar-refractivity contribution in [2.45, 2.75) is 44.1 Å². The van der Waals surface area contributed by atoms with E-state index < -0.39 is 0 Å². The number of hydrogen-bond acceptors (Lipinski definition) is 3. The Hall–Kier alpha value is -1.35. The van der Waals surface area contributed by atoms with E-state index in [2.05, 4.69) is 24.1 Å². The molecular formula is C18H25NO2. The van der Waals surface area contributed by atoms with E-state index in [0.717, 1.165) is 37.9 Å². The molecule has 3 nitrogen and oxygen atoms in total. The van der Waals surface area contributed by atoms with Crippen LogP contribution in [0.4, 0.5) is 0 Å². The van der Waals surface area contributed by atoms with Crippen LogP contribution in [0.1, 0.15) is 43.6 Å². The van der Waals surface area contributed by atoms with E-state index >= 15 is 0 Å². The number of carbonyl (C=O) groups excluding carboxylic acids is 1. The third-order valence-corrected chi connectivity index (χ3v) is 4.91.